The van der Waals surface area contributed by atoms with Crippen molar-refractivity contribution in [2.45, 2.75) is 20.3 Å². The van der Waals surface area contributed by atoms with Crippen molar-refractivity contribution in [2.75, 3.05) is 6.61 Å². The van der Waals surface area contributed by atoms with Gasteiger partial charge in [-0.05, 0) is 34.8 Å². The van der Waals surface area contributed by atoms with Crippen molar-refractivity contribution in [1.82, 2.24) is 0 Å². The molecule has 0 radical (unpaired) electrons. The van der Waals surface area contributed by atoms with Crippen LogP contribution in [0.2, 0.25) is 0 Å². The van der Waals surface area contributed by atoms with E-state index in [0.29, 0.717) is 12.5 Å². The van der Waals surface area contributed by atoms with Crippen LogP contribution in [0.3, 0.4) is 0 Å². The Kier molecular flexibility index (Phi) is 4.96. The molecule has 0 heterocycles. The molecule has 0 aliphatic carbocycles. The Morgan fingerprint density at radius 3 is 2.30 bits per heavy atom. The SMILES string of the molecule is CC(C)CCOP(=O)(Cl)Cl. The van der Waals surface area contributed by atoms with Gasteiger partial charge in [-0.1, -0.05) is 13.8 Å². The fraction of sp³-hybridized carbons (Fsp3) is 1.00. The lowest BCUT2D eigenvalue weighted by Crippen LogP contribution is -1.93. The lowest BCUT2D eigenvalue weighted by molar-refractivity contribution is 0.304. The molecule has 0 aliphatic heterocycles. The maximum absolute atomic E-state index is 10.5. The van der Waals surface area contributed by atoms with E-state index in [2.05, 4.69) is 4.52 Å². The Morgan fingerprint density at radius 2 is 2.00 bits per heavy atom. The average Bonchev–Trinajstić information content (AvgIpc) is 1.59. The van der Waals surface area contributed by atoms with Gasteiger partial charge in [0.2, 0.25) is 0 Å². The van der Waals surface area contributed by atoms with E-state index in [4.69, 9.17) is 22.5 Å². The first-order valence-corrected chi connectivity index (χ1v) is 6.49. The zero-order valence-electron chi connectivity index (χ0n) is 6.01. The summed E-state index contributed by atoms with van der Waals surface area (Å²) in [7, 11) is 0. The average molecular weight is 205 g/mol. The fourth-order valence-corrected chi connectivity index (χ4v) is 1.13. The van der Waals surface area contributed by atoms with Gasteiger partial charge in [-0.15, -0.1) is 0 Å². The predicted octanol–water partition coefficient (Wildman–Crippen LogP) is 3.63. The third-order valence-electron chi connectivity index (χ3n) is 0.937. The van der Waals surface area contributed by atoms with E-state index in [-0.39, 0.29) is 0 Å². The molecule has 0 aliphatic rings. The minimum Gasteiger partial charge on any atom is -0.306 e. The molecule has 0 aromatic heterocycles. The molecule has 62 valence electrons. The molecule has 0 spiro atoms. The molecule has 0 aromatic rings. The van der Waals surface area contributed by atoms with Gasteiger partial charge in [0.1, 0.15) is 0 Å². The zero-order valence-corrected chi connectivity index (χ0v) is 8.42. The monoisotopic (exact) mass is 204 g/mol. The van der Waals surface area contributed by atoms with Gasteiger partial charge in [0.25, 0.3) is 0 Å². The van der Waals surface area contributed by atoms with E-state index < -0.39 is 6.07 Å². The normalized spacial score (nSPS) is 12.5. The highest BCUT2D eigenvalue weighted by molar-refractivity contribution is 8.05. The lowest BCUT2D eigenvalue weighted by atomic mass is 10.2. The second-order valence-electron chi connectivity index (χ2n) is 2.43. The molecule has 0 saturated heterocycles. The predicted molar refractivity (Wildman–Crippen MR) is 44.7 cm³/mol. The summed E-state index contributed by atoms with van der Waals surface area (Å²) in [6, 6.07) is 0. The van der Waals surface area contributed by atoms with Crippen molar-refractivity contribution < 1.29 is 9.09 Å². The highest BCUT2D eigenvalue weighted by Crippen LogP contribution is 2.57. The number of hydrogen-bond acceptors (Lipinski definition) is 2. The zero-order chi connectivity index (χ0) is 8.20. The van der Waals surface area contributed by atoms with Gasteiger partial charge >= 0.3 is 6.07 Å². The number of hydrogen-bond donors (Lipinski definition) is 0. The molecule has 0 rings (SSSR count). The summed E-state index contributed by atoms with van der Waals surface area (Å²) in [6.07, 6.45) is -2.45. The maximum atomic E-state index is 10.5. The molecule has 0 bridgehead atoms. The Hall–Kier alpha value is 0.770. The van der Waals surface area contributed by atoms with Crippen molar-refractivity contribution in [3.8, 4) is 0 Å². The summed E-state index contributed by atoms with van der Waals surface area (Å²) in [6.45, 7) is 4.44. The summed E-state index contributed by atoms with van der Waals surface area (Å²) in [5, 5.41) is 0. The summed E-state index contributed by atoms with van der Waals surface area (Å²) in [5.74, 6) is 0.514. The Balaban J connectivity index is 3.30. The third-order valence-corrected chi connectivity index (χ3v) is 2.01. The summed E-state index contributed by atoms with van der Waals surface area (Å²) in [4.78, 5) is 0. The number of halogens is 2. The number of rotatable bonds is 4. The minimum atomic E-state index is -3.28. The van der Waals surface area contributed by atoms with Crippen molar-refractivity contribution in [3.05, 3.63) is 0 Å². The topological polar surface area (TPSA) is 26.3 Å². The Labute approximate surface area is 70.9 Å². The van der Waals surface area contributed by atoms with Gasteiger partial charge in [0.15, 0.2) is 0 Å². The molecule has 5 heteroatoms. The van der Waals surface area contributed by atoms with Gasteiger partial charge in [0, 0.05) is 0 Å². The molecule has 0 N–H and O–H groups in total. The molecule has 0 saturated carbocycles. The highest BCUT2D eigenvalue weighted by atomic mass is 35.9. The smallest absolute Gasteiger partial charge is 0.306 e. The highest BCUT2D eigenvalue weighted by Gasteiger charge is 2.13. The summed E-state index contributed by atoms with van der Waals surface area (Å²) >= 11 is 10.2. The maximum Gasteiger partial charge on any atom is 0.380 e. The van der Waals surface area contributed by atoms with Gasteiger partial charge < -0.3 is 4.52 Å². The van der Waals surface area contributed by atoms with Crippen LogP contribution in [-0.4, -0.2) is 6.61 Å². The molecule has 0 fully saturated rings. The van der Waals surface area contributed by atoms with Crippen molar-refractivity contribution in [1.29, 1.82) is 0 Å². The molecule has 0 amide bonds. The van der Waals surface area contributed by atoms with Gasteiger partial charge in [-0.25, -0.2) is 0 Å². The molecule has 0 unspecified atom stereocenters. The van der Waals surface area contributed by atoms with E-state index >= 15 is 0 Å². The van der Waals surface area contributed by atoms with Crippen LogP contribution in [0, 0.1) is 5.92 Å². The van der Waals surface area contributed by atoms with Crippen molar-refractivity contribution in [3.63, 3.8) is 0 Å². The van der Waals surface area contributed by atoms with Crippen molar-refractivity contribution in [2.24, 2.45) is 5.92 Å². The molecule has 10 heavy (non-hydrogen) atoms. The molecular weight excluding hydrogens is 194 g/mol. The first-order chi connectivity index (χ1) is 4.42. The Bertz CT molecular complexity index is 132. The molecule has 2 nitrogen and oxygen atoms in total. The van der Waals surface area contributed by atoms with E-state index in [1.165, 1.54) is 0 Å². The van der Waals surface area contributed by atoms with Crippen LogP contribution in [0.25, 0.3) is 0 Å². The summed E-state index contributed by atoms with van der Waals surface area (Å²) < 4.78 is 15.1. The summed E-state index contributed by atoms with van der Waals surface area (Å²) in [5.41, 5.74) is 0. The van der Waals surface area contributed by atoms with Crippen LogP contribution in [0.4, 0.5) is 0 Å². The van der Waals surface area contributed by atoms with Crippen LogP contribution in [0.1, 0.15) is 20.3 Å². The molecular formula is C5H11Cl2O2P. The van der Waals surface area contributed by atoms with E-state index in [0.717, 1.165) is 6.42 Å². The fourth-order valence-electron chi connectivity index (χ4n) is 0.395. The van der Waals surface area contributed by atoms with Gasteiger partial charge in [-0.2, -0.15) is 0 Å². The van der Waals surface area contributed by atoms with Crippen LogP contribution in [0.15, 0.2) is 0 Å². The first kappa shape index (κ1) is 10.8. The lowest BCUT2D eigenvalue weighted by Gasteiger charge is -2.05. The van der Waals surface area contributed by atoms with Crippen molar-refractivity contribution >= 4 is 28.6 Å². The van der Waals surface area contributed by atoms with Crippen LogP contribution < -0.4 is 0 Å². The van der Waals surface area contributed by atoms with E-state index in [9.17, 15) is 4.57 Å². The van der Waals surface area contributed by atoms with E-state index in [1.54, 1.807) is 0 Å². The quantitative estimate of drug-likeness (QED) is 0.655. The largest absolute Gasteiger partial charge is 0.380 e. The van der Waals surface area contributed by atoms with Gasteiger partial charge in [0.05, 0.1) is 6.61 Å². The Morgan fingerprint density at radius 1 is 1.50 bits per heavy atom. The van der Waals surface area contributed by atoms with Crippen LogP contribution in [-0.2, 0) is 9.09 Å². The van der Waals surface area contributed by atoms with E-state index in [1.807, 2.05) is 13.8 Å². The second kappa shape index (κ2) is 4.61. The first-order valence-electron chi connectivity index (χ1n) is 3.05. The second-order valence-corrected chi connectivity index (χ2v) is 6.71. The third kappa shape index (κ3) is 8.77. The van der Waals surface area contributed by atoms with Crippen LogP contribution >= 0.6 is 28.6 Å². The minimum absolute atomic E-state index is 0.363. The molecule has 0 atom stereocenters. The van der Waals surface area contributed by atoms with Crippen LogP contribution in [0.5, 0.6) is 0 Å². The molecule has 0 aromatic carbocycles. The standard InChI is InChI=1S/C5H11Cl2O2P/c1-5(2)3-4-9-10(6,7)8/h5H,3-4H2,1-2H3. The van der Waals surface area contributed by atoms with Gasteiger partial charge in [-0.3, -0.25) is 4.57 Å².